The van der Waals surface area contributed by atoms with Crippen LogP contribution >= 0.6 is 0 Å². The van der Waals surface area contributed by atoms with Crippen LogP contribution in [0.25, 0.3) is 0 Å². The normalized spacial score (nSPS) is 21.0. The van der Waals surface area contributed by atoms with Gasteiger partial charge in [-0.3, -0.25) is 0 Å². The van der Waals surface area contributed by atoms with Gasteiger partial charge in [-0.15, -0.1) is 0 Å². The van der Waals surface area contributed by atoms with Crippen LogP contribution in [0.3, 0.4) is 0 Å². The van der Waals surface area contributed by atoms with E-state index in [2.05, 4.69) is 0 Å². The van der Waals surface area contributed by atoms with Crippen LogP contribution in [0, 0.1) is 0 Å². The summed E-state index contributed by atoms with van der Waals surface area (Å²) in [6.45, 7) is 3.18. The van der Waals surface area contributed by atoms with Crippen molar-refractivity contribution in [3.63, 3.8) is 0 Å². The Morgan fingerprint density at radius 3 is 3.00 bits per heavy atom. The summed E-state index contributed by atoms with van der Waals surface area (Å²) in [6.07, 6.45) is 4.42. The van der Waals surface area contributed by atoms with Crippen LogP contribution in [-0.4, -0.2) is 33.5 Å². The Kier molecular flexibility index (Phi) is 5.83. The summed E-state index contributed by atoms with van der Waals surface area (Å²) >= 11 is 0. The third-order valence-electron chi connectivity index (χ3n) is 2.54. The van der Waals surface area contributed by atoms with Crippen molar-refractivity contribution in [2.45, 2.75) is 25.7 Å². The van der Waals surface area contributed by atoms with Gasteiger partial charge >= 0.3 is 0 Å². The highest BCUT2D eigenvalue weighted by atomic mass is 16.5. The lowest BCUT2D eigenvalue weighted by Crippen LogP contribution is -2.13. The van der Waals surface area contributed by atoms with Crippen molar-refractivity contribution >= 4 is 0 Å². The van der Waals surface area contributed by atoms with Crippen LogP contribution in [0.1, 0.15) is 25.7 Å². The second kappa shape index (κ2) is 6.98. The van der Waals surface area contributed by atoms with Crippen molar-refractivity contribution in [2.75, 3.05) is 33.5 Å². The average Bonchev–Trinajstić information content (AvgIpc) is 2.25. The van der Waals surface area contributed by atoms with Crippen LogP contribution < -0.4 is 5.73 Å². The van der Waals surface area contributed by atoms with Crippen molar-refractivity contribution in [3.8, 4) is 0 Å². The molecule has 0 bridgehead atoms. The first-order chi connectivity index (χ1) is 6.88. The fourth-order valence-corrected chi connectivity index (χ4v) is 1.77. The molecule has 1 saturated heterocycles. The summed E-state index contributed by atoms with van der Waals surface area (Å²) in [5, 5.41) is 0. The molecule has 1 aliphatic heterocycles. The molecule has 0 unspecified atom stereocenters. The first-order valence-corrected chi connectivity index (χ1v) is 5.35. The number of hydrogen-bond acceptors (Lipinski definition) is 3. The number of rotatable bonds is 5. The molecule has 3 heteroatoms. The highest BCUT2D eigenvalue weighted by Crippen LogP contribution is 2.20. The van der Waals surface area contributed by atoms with Gasteiger partial charge in [-0.25, -0.2) is 0 Å². The van der Waals surface area contributed by atoms with E-state index in [1.54, 1.807) is 7.11 Å². The summed E-state index contributed by atoms with van der Waals surface area (Å²) in [5.74, 6) is 0. The highest BCUT2D eigenvalue weighted by Gasteiger charge is 2.11. The Balaban J connectivity index is 2.51. The summed E-state index contributed by atoms with van der Waals surface area (Å²) in [6, 6.07) is 0. The molecule has 0 atom stereocenters. The topological polar surface area (TPSA) is 44.5 Å². The highest BCUT2D eigenvalue weighted by molar-refractivity contribution is 5.16. The molecule has 14 heavy (non-hydrogen) atoms. The third-order valence-corrected chi connectivity index (χ3v) is 2.54. The quantitative estimate of drug-likeness (QED) is 0.682. The van der Waals surface area contributed by atoms with Gasteiger partial charge in [-0.2, -0.15) is 0 Å². The third kappa shape index (κ3) is 3.78. The number of hydrogen-bond donors (Lipinski definition) is 1. The summed E-state index contributed by atoms with van der Waals surface area (Å²) in [7, 11) is 1.74. The molecule has 0 saturated carbocycles. The molecule has 0 aromatic rings. The lowest BCUT2D eigenvalue weighted by Gasteiger charge is -2.19. The largest absolute Gasteiger partial charge is 0.380 e. The SMILES string of the molecule is COCC(CCCN)=C1CCCOC1. The predicted octanol–water partition coefficient (Wildman–Crippen LogP) is 1.48. The van der Waals surface area contributed by atoms with Gasteiger partial charge in [-0.1, -0.05) is 0 Å². The predicted molar refractivity (Wildman–Crippen MR) is 57.2 cm³/mol. The van der Waals surface area contributed by atoms with Gasteiger partial charge in [0.25, 0.3) is 0 Å². The van der Waals surface area contributed by atoms with Crippen molar-refractivity contribution in [3.05, 3.63) is 11.1 Å². The molecule has 1 heterocycles. The van der Waals surface area contributed by atoms with E-state index in [0.717, 1.165) is 45.6 Å². The molecule has 0 amide bonds. The van der Waals surface area contributed by atoms with Gasteiger partial charge in [0.1, 0.15) is 0 Å². The second-order valence-electron chi connectivity index (χ2n) is 3.69. The van der Waals surface area contributed by atoms with E-state index in [1.165, 1.54) is 17.6 Å². The molecular weight excluding hydrogens is 178 g/mol. The lowest BCUT2D eigenvalue weighted by molar-refractivity contribution is 0.126. The summed E-state index contributed by atoms with van der Waals surface area (Å²) < 4.78 is 10.6. The van der Waals surface area contributed by atoms with E-state index >= 15 is 0 Å². The number of ether oxygens (including phenoxy) is 2. The molecule has 0 aliphatic carbocycles. The summed E-state index contributed by atoms with van der Waals surface area (Å²) in [4.78, 5) is 0. The molecular formula is C11H21NO2. The maximum atomic E-state index is 5.51. The van der Waals surface area contributed by atoms with Crippen LogP contribution in [0.5, 0.6) is 0 Å². The standard InChI is InChI=1S/C11H21NO2/c1-13-8-10(4-2-6-12)11-5-3-7-14-9-11/h2-9,12H2,1H3. The fraction of sp³-hybridized carbons (Fsp3) is 0.818. The van der Waals surface area contributed by atoms with Crippen molar-refractivity contribution in [1.82, 2.24) is 0 Å². The smallest absolute Gasteiger partial charge is 0.0680 e. The van der Waals surface area contributed by atoms with Gasteiger partial charge in [-0.05, 0) is 43.4 Å². The van der Waals surface area contributed by atoms with Crippen molar-refractivity contribution in [1.29, 1.82) is 0 Å². The number of methoxy groups -OCH3 is 1. The molecule has 3 nitrogen and oxygen atoms in total. The Hall–Kier alpha value is -0.380. The molecule has 1 rings (SSSR count). The molecule has 2 N–H and O–H groups in total. The van der Waals surface area contributed by atoms with Gasteiger partial charge in [0, 0.05) is 13.7 Å². The molecule has 1 aliphatic rings. The molecule has 0 aromatic heterocycles. The lowest BCUT2D eigenvalue weighted by atomic mass is 9.99. The summed E-state index contributed by atoms with van der Waals surface area (Å²) in [5.41, 5.74) is 8.35. The van der Waals surface area contributed by atoms with Crippen LogP contribution in [0.4, 0.5) is 0 Å². The average molecular weight is 199 g/mol. The zero-order valence-electron chi connectivity index (χ0n) is 9.05. The minimum absolute atomic E-state index is 0.735. The van der Waals surface area contributed by atoms with Crippen LogP contribution in [0.15, 0.2) is 11.1 Å². The molecule has 0 radical (unpaired) electrons. The first kappa shape index (κ1) is 11.7. The Morgan fingerprint density at radius 1 is 1.57 bits per heavy atom. The van der Waals surface area contributed by atoms with E-state index < -0.39 is 0 Å². The minimum Gasteiger partial charge on any atom is -0.380 e. The van der Waals surface area contributed by atoms with E-state index in [0.29, 0.717) is 0 Å². The fourth-order valence-electron chi connectivity index (χ4n) is 1.77. The molecule has 0 spiro atoms. The van der Waals surface area contributed by atoms with E-state index in [1.807, 2.05) is 0 Å². The van der Waals surface area contributed by atoms with Gasteiger partial charge in [0.2, 0.25) is 0 Å². The Labute approximate surface area is 86.3 Å². The monoisotopic (exact) mass is 199 g/mol. The molecule has 0 aromatic carbocycles. The van der Waals surface area contributed by atoms with E-state index in [-0.39, 0.29) is 0 Å². The molecule has 82 valence electrons. The zero-order valence-corrected chi connectivity index (χ0v) is 9.05. The maximum absolute atomic E-state index is 5.51. The van der Waals surface area contributed by atoms with Gasteiger partial charge in [0.15, 0.2) is 0 Å². The van der Waals surface area contributed by atoms with Gasteiger partial charge < -0.3 is 15.2 Å². The van der Waals surface area contributed by atoms with Crippen molar-refractivity contribution < 1.29 is 9.47 Å². The Morgan fingerprint density at radius 2 is 2.43 bits per heavy atom. The van der Waals surface area contributed by atoms with Crippen LogP contribution in [-0.2, 0) is 9.47 Å². The van der Waals surface area contributed by atoms with E-state index in [9.17, 15) is 0 Å². The minimum atomic E-state index is 0.735. The van der Waals surface area contributed by atoms with Crippen LogP contribution in [0.2, 0.25) is 0 Å². The Bertz CT molecular complexity index is 182. The van der Waals surface area contributed by atoms with E-state index in [4.69, 9.17) is 15.2 Å². The van der Waals surface area contributed by atoms with Crippen molar-refractivity contribution in [2.24, 2.45) is 5.73 Å². The van der Waals surface area contributed by atoms with Gasteiger partial charge in [0.05, 0.1) is 13.2 Å². The number of nitrogens with two attached hydrogens (primary N) is 1. The molecule has 1 fully saturated rings. The second-order valence-corrected chi connectivity index (χ2v) is 3.69. The zero-order chi connectivity index (χ0) is 10.2. The first-order valence-electron chi connectivity index (χ1n) is 5.35. The maximum Gasteiger partial charge on any atom is 0.0680 e.